The molecule has 2 aromatic carbocycles. The number of urea groups is 1. The molecule has 1 saturated heterocycles. The van der Waals surface area contributed by atoms with E-state index in [0.29, 0.717) is 36.8 Å². The molecule has 2 aromatic rings. The van der Waals surface area contributed by atoms with Gasteiger partial charge in [-0.15, -0.1) is 0 Å². The maximum atomic E-state index is 12.6. The Morgan fingerprint density at radius 1 is 1.13 bits per heavy atom. The summed E-state index contributed by atoms with van der Waals surface area (Å²) in [6.07, 6.45) is 0.358. The lowest BCUT2D eigenvalue weighted by molar-refractivity contribution is -0.129. The quantitative estimate of drug-likeness (QED) is 0.657. The van der Waals surface area contributed by atoms with Crippen LogP contribution in [0.2, 0.25) is 0 Å². The third-order valence-electron chi connectivity index (χ3n) is 5.11. The van der Waals surface area contributed by atoms with Crippen molar-refractivity contribution < 1.29 is 28.6 Å². The van der Waals surface area contributed by atoms with Gasteiger partial charge < -0.3 is 24.8 Å². The maximum Gasteiger partial charge on any atom is 0.324 e. The number of nitrogens with zero attached hydrogens (tertiary/aromatic N) is 1. The van der Waals surface area contributed by atoms with Crippen molar-refractivity contribution in [3.05, 3.63) is 48.0 Å². The molecule has 31 heavy (non-hydrogen) atoms. The van der Waals surface area contributed by atoms with Gasteiger partial charge in [0, 0.05) is 18.3 Å². The number of carbonyl (C=O) groups is 3. The fraction of sp³-hybridized carbons (Fsp3) is 0.318. The third-order valence-corrected chi connectivity index (χ3v) is 5.11. The summed E-state index contributed by atoms with van der Waals surface area (Å²) in [5, 5.41) is 5.32. The van der Waals surface area contributed by atoms with Crippen molar-refractivity contribution in [2.45, 2.75) is 18.9 Å². The van der Waals surface area contributed by atoms with Gasteiger partial charge in [0.15, 0.2) is 11.5 Å². The molecule has 9 heteroatoms. The normalized spacial score (nSPS) is 17.3. The Morgan fingerprint density at radius 3 is 2.61 bits per heavy atom. The zero-order valence-corrected chi connectivity index (χ0v) is 17.1. The zero-order chi connectivity index (χ0) is 21.8. The second-order valence-corrected chi connectivity index (χ2v) is 7.20. The van der Waals surface area contributed by atoms with E-state index in [1.165, 1.54) is 0 Å². The number of hydrogen-bond acceptors (Lipinski definition) is 6. The van der Waals surface area contributed by atoms with Crippen molar-refractivity contribution in [1.82, 2.24) is 10.2 Å². The third kappa shape index (κ3) is 4.71. The Balaban J connectivity index is 1.31. The number of methoxy groups -OCH3 is 1. The van der Waals surface area contributed by atoms with Crippen LogP contribution in [0.15, 0.2) is 42.5 Å². The minimum Gasteiger partial charge on any atom is -0.497 e. The van der Waals surface area contributed by atoms with Crippen LogP contribution in [0.5, 0.6) is 17.2 Å². The number of imide groups is 1. The summed E-state index contributed by atoms with van der Waals surface area (Å²) in [5.74, 6) is 1.12. The van der Waals surface area contributed by atoms with Gasteiger partial charge in [-0.2, -0.15) is 0 Å². The Bertz CT molecular complexity index is 991. The Labute approximate surface area is 179 Å². The van der Waals surface area contributed by atoms with Crippen LogP contribution in [0.4, 0.5) is 10.5 Å². The van der Waals surface area contributed by atoms with Crippen LogP contribution in [0.1, 0.15) is 12.0 Å². The molecular weight excluding hydrogens is 402 g/mol. The summed E-state index contributed by atoms with van der Waals surface area (Å²) in [6.45, 7) is 1.16. The van der Waals surface area contributed by atoms with Gasteiger partial charge in [-0.1, -0.05) is 12.1 Å². The van der Waals surface area contributed by atoms with Crippen molar-refractivity contribution >= 4 is 23.5 Å². The predicted molar refractivity (Wildman–Crippen MR) is 111 cm³/mol. The Hall–Kier alpha value is -3.75. The molecule has 1 unspecified atom stereocenters. The van der Waals surface area contributed by atoms with Crippen LogP contribution < -0.4 is 24.8 Å². The number of fused-ring (bicyclic) bond motifs is 1. The fourth-order valence-corrected chi connectivity index (χ4v) is 3.48. The summed E-state index contributed by atoms with van der Waals surface area (Å²) in [7, 11) is 1.59. The number of hydrogen-bond donors (Lipinski definition) is 2. The summed E-state index contributed by atoms with van der Waals surface area (Å²) in [4.78, 5) is 38.4. The van der Waals surface area contributed by atoms with Gasteiger partial charge in [0.2, 0.25) is 5.91 Å². The first-order valence-corrected chi connectivity index (χ1v) is 9.98. The molecule has 1 fully saturated rings. The van der Waals surface area contributed by atoms with Crippen molar-refractivity contribution in [3.8, 4) is 17.2 Å². The van der Waals surface area contributed by atoms with Crippen LogP contribution in [0.3, 0.4) is 0 Å². The lowest BCUT2D eigenvalue weighted by Crippen LogP contribution is -2.35. The number of amides is 4. The molecule has 162 valence electrons. The molecule has 9 nitrogen and oxygen atoms in total. The van der Waals surface area contributed by atoms with E-state index in [2.05, 4.69) is 10.6 Å². The van der Waals surface area contributed by atoms with E-state index in [4.69, 9.17) is 14.2 Å². The molecule has 1 atom stereocenters. The standard InChI is InChI=1S/C22H23N3O6/c1-29-16-5-2-14(3-6-16)8-9-25-21(27)17(24-22(25)28)13-20(26)23-15-4-7-18-19(12-15)31-11-10-30-18/h2-7,12,17H,8-11,13H2,1H3,(H,23,26)(H,24,28). The second kappa shape index (κ2) is 8.95. The maximum absolute atomic E-state index is 12.6. The van der Waals surface area contributed by atoms with Crippen LogP contribution >= 0.6 is 0 Å². The van der Waals surface area contributed by atoms with E-state index < -0.39 is 18.0 Å². The van der Waals surface area contributed by atoms with E-state index in [9.17, 15) is 14.4 Å². The molecule has 2 aliphatic heterocycles. The number of nitrogens with one attached hydrogen (secondary N) is 2. The van der Waals surface area contributed by atoms with Crippen molar-refractivity contribution in [2.75, 3.05) is 32.2 Å². The Morgan fingerprint density at radius 2 is 1.87 bits per heavy atom. The van der Waals surface area contributed by atoms with Gasteiger partial charge in [-0.25, -0.2) is 4.79 Å². The van der Waals surface area contributed by atoms with E-state index in [1.807, 2.05) is 24.3 Å². The number of rotatable bonds is 7. The lowest BCUT2D eigenvalue weighted by atomic mass is 10.1. The molecule has 2 aliphatic rings. The minimum absolute atomic E-state index is 0.155. The van der Waals surface area contributed by atoms with Gasteiger partial charge in [-0.3, -0.25) is 14.5 Å². The summed E-state index contributed by atoms with van der Waals surface area (Å²) in [5.41, 5.74) is 1.50. The first-order valence-electron chi connectivity index (χ1n) is 9.98. The largest absolute Gasteiger partial charge is 0.497 e. The molecule has 2 heterocycles. The molecular formula is C22H23N3O6. The first-order chi connectivity index (χ1) is 15.0. The number of benzene rings is 2. The van der Waals surface area contributed by atoms with Crippen LogP contribution in [0.25, 0.3) is 0 Å². The fourth-order valence-electron chi connectivity index (χ4n) is 3.48. The van der Waals surface area contributed by atoms with Gasteiger partial charge in [-0.05, 0) is 36.2 Å². The van der Waals surface area contributed by atoms with Crippen LogP contribution in [0, 0.1) is 0 Å². The smallest absolute Gasteiger partial charge is 0.324 e. The molecule has 2 N–H and O–H groups in total. The number of carbonyl (C=O) groups excluding carboxylic acids is 3. The molecule has 0 radical (unpaired) electrons. The van der Waals surface area contributed by atoms with Crippen molar-refractivity contribution in [2.24, 2.45) is 0 Å². The average Bonchev–Trinajstić information content (AvgIpc) is 3.04. The highest BCUT2D eigenvalue weighted by molar-refractivity contribution is 6.07. The minimum atomic E-state index is -0.888. The lowest BCUT2D eigenvalue weighted by Gasteiger charge is -2.19. The van der Waals surface area contributed by atoms with E-state index in [1.54, 1.807) is 25.3 Å². The van der Waals surface area contributed by atoms with Gasteiger partial charge in [0.05, 0.1) is 13.5 Å². The second-order valence-electron chi connectivity index (χ2n) is 7.20. The van der Waals surface area contributed by atoms with Gasteiger partial charge >= 0.3 is 6.03 Å². The Kier molecular flexibility index (Phi) is 5.92. The molecule has 0 aromatic heterocycles. The van der Waals surface area contributed by atoms with Crippen molar-refractivity contribution in [3.63, 3.8) is 0 Å². The van der Waals surface area contributed by atoms with Crippen molar-refractivity contribution in [1.29, 1.82) is 0 Å². The monoisotopic (exact) mass is 425 g/mol. The van der Waals surface area contributed by atoms with E-state index in [-0.39, 0.29) is 18.9 Å². The molecule has 4 amide bonds. The SMILES string of the molecule is COc1ccc(CCN2C(=O)NC(CC(=O)Nc3ccc4c(c3)OCCO4)C2=O)cc1. The van der Waals surface area contributed by atoms with Crippen LogP contribution in [-0.4, -0.2) is 55.7 Å². The summed E-state index contributed by atoms with van der Waals surface area (Å²) in [6, 6.07) is 11.1. The predicted octanol–water partition coefficient (Wildman–Crippen LogP) is 1.96. The number of anilines is 1. The first kappa shape index (κ1) is 20.5. The molecule has 0 aliphatic carbocycles. The average molecular weight is 425 g/mol. The molecule has 0 saturated carbocycles. The van der Waals surface area contributed by atoms with Gasteiger partial charge in [0.1, 0.15) is 25.0 Å². The number of ether oxygens (including phenoxy) is 3. The molecule has 4 rings (SSSR count). The highest BCUT2D eigenvalue weighted by Gasteiger charge is 2.38. The zero-order valence-electron chi connectivity index (χ0n) is 17.1. The van der Waals surface area contributed by atoms with Crippen LogP contribution in [-0.2, 0) is 16.0 Å². The highest BCUT2D eigenvalue weighted by Crippen LogP contribution is 2.32. The summed E-state index contributed by atoms with van der Waals surface area (Å²) < 4.78 is 16.1. The molecule has 0 bridgehead atoms. The van der Waals surface area contributed by atoms with E-state index in [0.717, 1.165) is 16.2 Å². The van der Waals surface area contributed by atoms with Gasteiger partial charge in [0.25, 0.3) is 5.91 Å². The van der Waals surface area contributed by atoms with E-state index >= 15 is 0 Å². The molecule has 0 spiro atoms. The topological polar surface area (TPSA) is 106 Å². The highest BCUT2D eigenvalue weighted by atomic mass is 16.6. The summed E-state index contributed by atoms with van der Waals surface area (Å²) >= 11 is 0.